The number of hydrogen-bond acceptors (Lipinski definition) is 5. The predicted molar refractivity (Wildman–Crippen MR) is 94.0 cm³/mol. The van der Waals surface area contributed by atoms with Crippen molar-refractivity contribution < 1.29 is 14.1 Å². The van der Waals surface area contributed by atoms with Crippen LogP contribution in [0.4, 0.5) is 0 Å². The Morgan fingerprint density at radius 1 is 1.28 bits per heavy atom. The quantitative estimate of drug-likeness (QED) is 0.758. The summed E-state index contributed by atoms with van der Waals surface area (Å²) in [5, 5.41) is 7.58. The first-order chi connectivity index (χ1) is 12.1. The zero-order valence-electron chi connectivity index (χ0n) is 15.4. The van der Waals surface area contributed by atoms with Crippen LogP contribution in [0.5, 0.6) is 0 Å². The van der Waals surface area contributed by atoms with Gasteiger partial charge in [0, 0.05) is 12.1 Å². The molecule has 4 fully saturated rings. The highest BCUT2D eigenvalue weighted by Crippen LogP contribution is 2.61. The summed E-state index contributed by atoms with van der Waals surface area (Å²) < 4.78 is 10.3. The lowest BCUT2D eigenvalue weighted by Crippen LogP contribution is -2.55. The van der Waals surface area contributed by atoms with E-state index < -0.39 is 5.97 Å². The maximum Gasteiger partial charge on any atom is 0.360 e. The number of nitrogens with one attached hydrogen (secondary N) is 1. The molecular weight excluding hydrogens is 316 g/mol. The Hall–Kier alpha value is -1.36. The minimum absolute atomic E-state index is 0.265. The third-order valence-corrected chi connectivity index (χ3v) is 6.80. The first kappa shape index (κ1) is 17.1. The van der Waals surface area contributed by atoms with Gasteiger partial charge >= 0.3 is 5.97 Å². The van der Waals surface area contributed by atoms with Crippen molar-refractivity contribution in [3.05, 3.63) is 17.5 Å². The van der Waals surface area contributed by atoms with Gasteiger partial charge in [-0.1, -0.05) is 12.1 Å². The van der Waals surface area contributed by atoms with Gasteiger partial charge < -0.3 is 14.6 Å². The van der Waals surface area contributed by atoms with Crippen LogP contribution in [0.1, 0.15) is 75.0 Å². The second-order valence-electron chi connectivity index (χ2n) is 8.52. The van der Waals surface area contributed by atoms with Gasteiger partial charge in [0.1, 0.15) is 0 Å². The molecule has 4 aliphatic rings. The summed E-state index contributed by atoms with van der Waals surface area (Å²) in [6.45, 7) is 5.06. The standard InChI is InChI=1S/C20H30N2O3/c1-3-18(20-9-13-5-14(10-20)7-15(6-13)11-20)21-12-16-8-17(22-25-16)19(23)24-4-2/h8,13-15,18,21H,3-7,9-12H2,1-2H3/t13?,14?,15?,18-,20?/m1/s1. The molecule has 25 heavy (non-hydrogen) atoms. The van der Waals surface area contributed by atoms with Crippen LogP contribution >= 0.6 is 0 Å². The molecule has 1 N–H and O–H groups in total. The van der Waals surface area contributed by atoms with Crippen molar-refractivity contribution in [3.8, 4) is 0 Å². The largest absolute Gasteiger partial charge is 0.461 e. The Bertz CT molecular complexity index is 589. The number of carbonyl (C=O) groups is 1. The fraction of sp³-hybridized carbons (Fsp3) is 0.800. The van der Waals surface area contributed by atoms with Crippen molar-refractivity contribution in [1.82, 2.24) is 10.5 Å². The lowest BCUT2D eigenvalue weighted by Gasteiger charge is -2.59. The highest BCUT2D eigenvalue weighted by molar-refractivity contribution is 5.87. The van der Waals surface area contributed by atoms with Gasteiger partial charge in [-0.25, -0.2) is 4.79 Å². The first-order valence-electron chi connectivity index (χ1n) is 9.98. The molecule has 5 rings (SSSR count). The lowest BCUT2D eigenvalue weighted by atomic mass is 9.47. The Morgan fingerprint density at radius 2 is 1.92 bits per heavy atom. The summed E-state index contributed by atoms with van der Waals surface area (Å²) >= 11 is 0. The third kappa shape index (κ3) is 3.23. The Kier molecular flexibility index (Phi) is 4.61. The van der Waals surface area contributed by atoms with Crippen molar-refractivity contribution in [1.29, 1.82) is 0 Å². The number of nitrogens with zero attached hydrogens (tertiary/aromatic N) is 1. The van der Waals surface area contributed by atoms with E-state index >= 15 is 0 Å². The molecule has 138 valence electrons. The van der Waals surface area contributed by atoms with Crippen LogP contribution in [0.2, 0.25) is 0 Å². The molecule has 1 aromatic heterocycles. The average Bonchev–Trinajstić information content (AvgIpc) is 3.03. The SMILES string of the molecule is CCOC(=O)c1cc(CN[C@H](CC)C23CC4CC(CC(C4)C2)C3)on1. The summed E-state index contributed by atoms with van der Waals surface area (Å²) in [6, 6.07) is 2.23. The van der Waals surface area contributed by atoms with E-state index in [-0.39, 0.29) is 5.69 Å². The number of aromatic nitrogens is 1. The normalized spacial score (nSPS) is 34.2. The lowest BCUT2D eigenvalue weighted by molar-refractivity contribution is -0.0750. The smallest absolute Gasteiger partial charge is 0.360 e. The van der Waals surface area contributed by atoms with E-state index in [2.05, 4.69) is 17.4 Å². The van der Waals surface area contributed by atoms with Gasteiger partial charge in [0.2, 0.25) is 0 Å². The Morgan fingerprint density at radius 3 is 2.48 bits per heavy atom. The average molecular weight is 346 g/mol. The van der Waals surface area contributed by atoms with Crippen LogP contribution in [0.3, 0.4) is 0 Å². The Balaban J connectivity index is 1.40. The highest BCUT2D eigenvalue weighted by atomic mass is 16.5. The van der Waals surface area contributed by atoms with E-state index in [0.29, 0.717) is 30.4 Å². The molecule has 5 nitrogen and oxygen atoms in total. The summed E-state index contributed by atoms with van der Waals surface area (Å²) in [7, 11) is 0. The maximum absolute atomic E-state index is 11.7. The van der Waals surface area contributed by atoms with Crippen LogP contribution < -0.4 is 5.32 Å². The molecule has 1 heterocycles. The molecule has 0 amide bonds. The van der Waals surface area contributed by atoms with E-state index in [0.717, 1.165) is 24.2 Å². The fourth-order valence-electron chi connectivity index (χ4n) is 6.32. The molecule has 1 aromatic rings. The van der Waals surface area contributed by atoms with E-state index in [1.165, 1.54) is 38.5 Å². The predicted octanol–water partition coefficient (Wildman–Crippen LogP) is 3.94. The van der Waals surface area contributed by atoms with Gasteiger partial charge in [-0.2, -0.15) is 0 Å². The van der Waals surface area contributed by atoms with E-state index in [1.807, 2.05) is 0 Å². The summed E-state index contributed by atoms with van der Waals surface area (Å²) in [4.78, 5) is 11.7. The van der Waals surface area contributed by atoms with Crippen LogP contribution in [-0.4, -0.2) is 23.8 Å². The number of carbonyl (C=O) groups excluding carboxylic acids is 1. The van der Waals surface area contributed by atoms with Gasteiger partial charge in [-0.05, 0) is 75.0 Å². The second kappa shape index (κ2) is 6.75. The molecule has 0 spiro atoms. The molecule has 0 unspecified atom stereocenters. The number of esters is 1. The zero-order chi connectivity index (χ0) is 17.4. The summed E-state index contributed by atoms with van der Waals surface area (Å²) in [5.74, 6) is 3.19. The molecule has 1 atom stereocenters. The van der Waals surface area contributed by atoms with Crippen LogP contribution in [0.15, 0.2) is 10.6 Å². The molecule has 4 bridgehead atoms. The van der Waals surface area contributed by atoms with E-state index in [9.17, 15) is 4.79 Å². The number of ether oxygens (including phenoxy) is 1. The molecule has 4 saturated carbocycles. The van der Waals surface area contributed by atoms with Crippen LogP contribution in [0.25, 0.3) is 0 Å². The molecular formula is C20H30N2O3. The summed E-state index contributed by atoms with van der Waals surface area (Å²) in [5.41, 5.74) is 0.745. The molecule has 4 aliphatic carbocycles. The Labute approximate surface area is 149 Å². The third-order valence-electron chi connectivity index (χ3n) is 6.80. The van der Waals surface area contributed by atoms with Crippen molar-refractivity contribution in [2.45, 2.75) is 71.4 Å². The van der Waals surface area contributed by atoms with Crippen molar-refractivity contribution in [3.63, 3.8) is 0 Å². The molecule has 0 aromatic carbocycles. The molecule has 0 radical (unpaired) electrons. The minimum atomic E-state index is -0.411. The van der Waals surface area contributed by atoms with E-state index in [4.69, 9.17) is 9.26 Å². The van der Waals surface area contributed by atoms with Crippen molar-refractivity contribution >= 4 is 5.97 Å². The topological polar surface area (TPSA) is 64.4 Å². The fourth-order valence-corrected chi connectivity index (χ4v) is 6.32. The van der Waals surface area contributed by atoms with Crippen LogP contribution in [-0.2, 0) is 11.3 Å². The van der Waals surface area contributed by atoms with Crippen molar-refractivity contribution in [2.75, 3.05) is 6.61 Å². The number of rotatable bonds is 7. The van der Waals surface area contributed by atoms with Gasteiger partial charge in [-0.15, -0.1) is 0 Å². The molecule has 5 heteroatoms. The molecule has 0 saturated heterocycles. The second-order valence-corrected chi connectivity index (χ2v) is 8.52. The monoisotopic (exact) mass is 346 g/mol. The summed E-state index contributed by atoms with van der Waals surface area (Å²) in [6.07, 6.45) is 9.76. The highest BCUT2D eigenvalue weighted by Gasteiger charge is 2.53. The first-order valence-corrected chi connectivity index (χ1v) is 9.98. The van der Waals surface area contributed by atoms with E-state index in [1.54, 1.807) is 13.0 Å². The molecule has 0 aliphatic heterocycles. The zero-order valence-corrected chi connectivity index (χ0v) is 15.4. The maximum atomic E-state index is 11.7. The number of hydrogen-bond donors (Lipinski definition) is 1. The van der Waals surface area contributed by atoms with Crippen LogP contribution in [0, 0.1) is 23.2 Å². The van der Waals surface area contributed by atoms with Gasteiger partial charge in [0.15, 0.2) is 11.5 Å². The van der Waals surface area contributed by atoms with Crippen molar-refractivity contribution in [2.24, 2.45) is 23.2 Å². The van der Waals surface area contributed by atoms with Gasteiger partial charge in [0.05, 0.1) is 13.2 Å². The van der Waals surface area contributed by atoms with Gasteiger partial charge in [-0.3, -0.25) is 0 Å². The minimum Gasteiger partial charge on any atom is -0.461 e. The van der Waals surface area contributed by atoms with Gasteiger partial charge in [0.25, 0.3) is 0 Å².